The molecule has 0 aromatic rings. The van der Waals surface area contributed by atoms with Gasteiger partial charge < -0.3 is 20.3 Å². The van der Waals surface area contributed by atoms with Crippen LogP contribution in [0, 0.1) is 5.92 Å². The molecule has 0 spiro atoms. The molecule has 1 heterocycles. The molecule has 2 rings (SSSR count). The Morgan fingerprint density at radius 2 is 2.17 bits per heavy atom. The Bertz CT molecular complexity index is 425. The van der Waals surface area contributed by atoms with Gasteiger partial charge in [-0.1, -0.05) is 6.42 Å². The monoisotopic (exact) mass is 356 g/mol. The van der Waals surface area contributed by atoms with Crippen LogP contribution >= 0.6 is 11.8 Å². The van der Waals surface area contributed by atoms with Crippen LogP contribution < -0.4 is 10.6 Å². The van der Waals surface area contributed by atoms with Crippen LogP contribution in [0.3, 0.4) is 0 Å². The summed E-state index contributed by atoms with van der Waals surface area (Å²) in [7, 11) is 3.52. The molecular formula is C17H32N4O2S. The Kier molecular flexibility index (Phi) is 8.18. The first-order valence-corrected chi connectivity index (χ1v) is 10.2. The molecule has 6 nitrogen and oxygen atoms in total. The molecule has 0 aromatic carbocycles. The van der Waals surface area contributed by atoms with E-state index < -0.39 is 0 Å². The highest BCUT2D eigenvalue weighted by molar-refractivity contribution is 7.99. The van der Waals surface area contributed by atoms with Crippen molar-refractivity contribution < 1.29 is 9.53 Å². The SMILES string of the molecule is CSC1CCCC(NC(=NCC(=O)N(C)C)NCC2CCOC2)C1. The van der Waals surface area contributed by atoms with Crippen molar-refractivity contribution in [1.29, 1.82) is 0 Å². The fraction of sp³-hybridized carbons (Fsp3) is 0.882. The van der Waals surface area contributed by atoms with Crippen LogP contribution in [-0.4, -0.2) is 74.7 Å². The smallest absolute Gasteiger partial charge is 0.243 e. The van der Waals surface area contributed by atoms with E-state index in [0.717, 1.165) is 43.8 Å². The van der Waals surface area contributed by atoms with Crippen LogP contribution in [0.4, 0.5) is 0 Å². The molecule has 1 amide bonds. The maximum Gasteiger partial charge on any atom is 0.243 e. The predicted molar refractivity (Wildman–Crippen MR) is 101 cm³/mol. The van der Waals surface area contributed by atoms with Gasteiger partial charge in [-0.05, 0) is 31.9 Å². The minimum atomic E-state index is 0.0194. The molecule has 2 fully saturated rings. The highest BCUT2D eigenvalue weighted by atomic mass is 32.2. The third-order valence-electron chi connectivity index (χ3n) is 4.75. The van der Waals surface area contributed by atoms with Gasteiger partial charge in [-0.3, -0.25) is 4.79 Å². The summed E-state index contributed by atoms with van der Waals surface area (Å²) in [4.78, 5) is 17.9. The summed E-state index contributed by atoms with van der Waals surface area (Å²) >= 11 is 1.95. The summed E-state index contributed by atoms with van der Waals surface area (Å²) < 4.78 is 5.43. The highest BCUT2D eigenvalue weighted by Crippen LogP contribution is 2.26. The first-order valence-electron chi connectivity index (χ1n) is 8.94. The van der Waals surface area contributed by atoms with Gasteiger partial charge in [-0.15, -0.1) is 0 Å². The maximum atomic E-state index is 11.8. The Balaban J connectivity index is 1.90. The third kappa shape index (κ3) is 6.51. The summed E-state index contributed by atoms with van der Waals surface area (Å²) in [5.74, 6) is 1.32. The molecule has 7 heteroatoms. The lowest BCUT2D eigenvalue weighted by Gasteiger charge is -2.30. The van der Waals surface area contributed by atoms with E-state index in [1.165, 1.54) is 19.3 Å². The van der Waals surface area contributed by atoms with E-state index in [-0.39, 0.29) is 12.5 Å². The molecule has 2 aliphatic rings. The molecule has 138 valence electrons. The Hall–Kier alpha value is -0.950. The molecule has 1 saturated heterocycles. The van der Waals surface area contributed by atoms with Gasteiger partial charge in [-0.25, -0.2) is 4.99 Å². The molecular weight excluding hydrogens is 324 g/mol. The van der Waals surface area contributed by atoms with E-state index in [1.807, 2.05) is 11.8 Å². The van der Waals surface area contributed by atoms with Gasteiger partial charge in [-0.2, -0.15) is 11.8 Å². The second kappa shape index (κ2) is 10.1. The minimum Gasteiger partial charge on any atom is -0.381 e. The number of nitrogens with one attached hydrogen (secondary N) is 2. The Labute approximate surface area is 150 Å². The molecule has 2 N–H and O–H groups in total. The van der Waals surface area contributed by atoms with E-state index >= 15 is 0 Å². The summed E-state index contributed by atoms with van der Waals surface area (Å²) in [5.41, 5.74) is 0. The number of carbonyl (C=O) groups excluding carboxylic acids is 1. The number of hydrogen-bond donors (Lipinski definition) is 2. The number of carbonyl (C=O) groups is 1. The molecule has 3 atom stereocenters. The minimum absolute atomic E-state index is 0.0194. The quantitative estimate of drug-likeness (QED) is 0.555. The average molecular weight is 357 g/mol. The van der Waals surface area contributed by atoms with Crippen LogP contribution in [0.2, 0.25) is 0 Å². The molecule has 24 heavy (non-hydrogen) atoms. The highest BCUT2D eigenvalue weighted by Gasteiger charge is 2.23. The van der Waals surface area contributed by atoms with Crippen molar-refractivity contribution in [3.8, 4) is 0 Å². The summed E-state index contributed by atoms with van der Waals surface area (Å²) in [6.07, 6.45) is 8.17. The summed E-state index contributed by atoms with van der Waals surface area (Å²) in [5, 5.41) is 7.70. The molecule has 0 radical (unpaired) electrons. The van der Waals surface area contributed by atoms with Crippen LogP contribution in [0.1, 0.15) is 32.1 Å². The van der Waals surface area contributed by atoms with Crippen LogP contribution in [0.15, 0.2) is 4.99 Å². The standard InChI is InChI=1S/C17H32N4O2S/c1-21(2)16(22)11-19-17(18-10-13-7-8-23-12-13)20-14-5-4-6-15(9-14)24-3/h13-15H,4-12H2,1-3H3,(H2,18,19,20). The normalized spacial score (nSPS) is 27.8. The van der Waals surface area contributed by atoms with Crippen molar-refractivity contribution in [3.63, 3.8) is 0 Å². The predicted octanol–water partition coefficient (Wildman–Crippen LogP) is 1.32. The zero-order valence-corrected chi connectivity index (χ0v) is 16.0. The number of ether oxygens (including phenoxy) is 1. The zero-order valence-electron chi connectivity index (χ0n) is 15.2. The first kappa shape index (κ1) is 19.4. The lowest BCUT2D eigenvalue weighted by Crippen LogP contribution is -2.47. The van der Waals surface area contributed by atoms with Crippen LogP contribution in [-0.2, 0) is 9.53 Å². The molecule has 1 aliphatic carbocycles. The van der Waals surface area contributed by atoms with Gasteiger partial charge >= 0.3 is 0 Å². The zero-order chi connectivity index (χ0) is 17.4. The van der Waals surface area contributed by atoms with Crippen molar-refractivity contribution in [2.45, 2.75) is 43.4 Å². The summed E-state index contributed by atoms with van der Waals surface area (Å²) in [6, 6.07) is 0.441. The topological polar surface area (TPSA) is 66.0 Å². The van der Waals surface area contributed by atoms with Gasteiger partial charge in [0, 0.05) is 44.5 Å². The number of amides is 1. The van der Waals surface area contributed by atoms with Gasteiger partial charge in [0.2, 0.25) is 5.91 Å². The number of likely N-dealkylation sites (N-methyl/N-ethyl adjacent to an activating group) is 1. The Morgan fingerprint density at radius 3 is 2.83 bits per heavy atom. The molecule has 0 bridgehead atoms. The average Bonchev–Trinajstić information content (AvgIpc) is 3.10. The maximum absolute atomic E-state index is 11.8. The second-order valence-electron chi connectivity index (χ2n) is 6.93. The lowest BCUT2D eigenvalue weighted by atomic mass is 9.95. The van der Waals surface area contributed by atoms with Crippen LogP contribution in [0.25, 0.3) is 0 Å². The summed E-state index contributed by atoms with van der Waals surface area (Å²) in [6.45, 7) is 2.70. The van der Waals surface area contributed by atoms with E-state index in [2.05, 4.69) is 21.9 Å². The largest absolute Gasteiger partial charge is 0.381 e. The Morgan fingerprint density at radius 1 is 1.33 bits per heavy atom. The van der Waals surface area contributed by atoms with E-state index in [4.69, 9.17) is 4.74 Å². The van der Waals surface area contributed by atoms with Crippen molar-refractivity contribution in [3.05, 3.63) is 0 Å². The van der Waals surface area contributed by atoms with Gasteiger partial charge in [0.25, 0.3) is 0 Å². The fourth-order valence-electron chi connectivity index (χ4n) is 3.11. The van der Waals surface area contributed by atoms with E-state index in [1.54, 1.807) is 19.0 Å². The molecule has 3 unspecified atom stereocenters. The van der Waals surface area contributed by atoms with Gasteiger partial charge in [0.05, 0.1) is 6.61 Å². The van der Waals surface area contributed by atoms with Crippen molar-refractivity contribution in [1.82, 2.24) is 15.5 Å². The molecule has 0 aromatic heterocycles. The van der Waals surface area contributed by atoms with Crippen molar-refractivity contribution in [2.24, 2.45) is 10.9 Å². The molecule has 1 aliphatic heterocycles. The second-order valence-corrected chi connectivity index (χ2v) is 8.07. The number of thioether (sulfide) groups is 1. The fourth-order valence-corrected chi connectivity index (χ4v) is 3.94. The van der Waals surface area contributed by atoms with Crippen molar-refractivity contribution in [2.75, 3.05) is 46.7 Å². The molecule has 1 saturated carbocycles. The number of rotatable bonds is 6. The van der Waals surface area contributed by atoms with E-state index in [0.29, 0.717) is 12.0 Å². The number of hydrogen-bond acceptors (Lipinski definition) is 4. The van der Waals surface area contributed by atoms with Gasteiger partial charge in [0.15, 0.2) is 5.96 Å². The van der Waals surface area contributed by atoms with Crippen LogP contribution in [0.5, 0.6) is 0 Å². The number of nitrogens with zero attached hydrogens (tertiary/aromatic N) is 2. The van der Waals surface area contributed by atoms with E-state index in [9.17, 15) is 4.79 Å². The van der Waals surface area contributed by atoms with Gasteiger partial charge in [0.1, 0.15) is 6.54 Å². The first-order chi connectivity index (χ1) is 11.6. The van der Waals surface area contributed by atoms with Crippen molar-refractivity contribution >= 4 is 23.6 Å². The third-order valence-corrected chi connectivity index (χ3v) is 5.85. The number of aliphatic imine (C=N–C) groups is 1. The number of guanidine groups is 1. The lowest BCUT2D eigenvalue weighted by molar-refractivity contribution is -0.127.